The van der Waals surface area contributed by atoms with E-state index in [0.29, 0.717) is 30.5 Å². The zero-order valence-electron chi connectivity index (χ0n) is 21.6. The van der Waals surface area contributed by atoms with Crippen LogP contribution in [0.2, 0.25) is 0 Å². The number of H-pyrrole nitrogens is 1. The van der Waals surface area contributed by atoms with Gasteiger partial charge in [-0.05, 0) is 43.7 Å². The highest BCUT2D eigenvalue weighted by atomic mass is 16.5. The second kappa shape index (κ2) is 10.7. The zero-order chi connectivity index (χ0) is 25.9. The Balaban J connectivity index is 1.21. The highest BCUT2D eigenvalue weighted by molar-refractivity contribution is 6.04. The normalized spacial score (nSPS) is 16.6. The highest BCUT2D eigenvalue weighted by Crippen LogP contribution is 2.31. The average molecular weight is 503 g/mol. The third-order valence-electron chi connectivity index (χ3n) is 7.30. The van der Waals surface area contributed by atoms with Crippen molar-refractivity contribution in [1.29, 1.82) is 0 Å². The number of hydrogen-bond acceptors (Lipinski definition) is 6. The number of anilines is 2. The van der Waals surface area contributed by atoms with Gasteiger partial charge < -0.3 is 19.9 Å². The largest absolute Gasteiger partial charge is 0.369 e. The number of carbonyl (C=O) groups is 2. The number of piperazine rings is 1. The lowest BCUT2D eigenvalue weighted by molar-refractivity contribution is -0.143. The summed E-state index contributed by atoms with van der Waals surface area (Å²) in [4.78, 5) is 32.7. The first-order valence-electron chi connectivity index (χ1n) is 12.8. The van der Waals surface area contributed by atoms with E-state index in [1.807, 2.05) is 54.6 Å². The fraction of sp³-hybridized carbons (Fsp3) is 0.393. The van der Waals surface area contributed by atoms with Gasteiger partial charge in [0.15, 0.2) is 11.9 Å². The van der Waals surface area contributed by atoms with Gasteiger partial charge in [0.25, 0.3) is 11.8 Å². The molecule has 5 rings (SSSR count). The predicted molar refractivity (Wildman–Crippen MR) is 142 cm³/mol. The van der Waals surface area contributed by atoms with E-state index in [1.54, 1.807) is 4.90 Å². The molecule has 1 saturated heterocycles. The predicted octanol–water partition coefficient (Wildman–Crippen LogP) is 3.42. The van der Waals surface area contributed by atoms with Gasteiger partial charge >= 0.3 is 0 Å². The molecular formula is C28H34N6O3. The van der Waals surface area contributed by atoms with Gasteiger partial charge in [-0.2, -0.15) is 5.10 Å². The molecule has 37 heavy (non-hydrogen) atoms. The summed E-state index contributed by atoms with van der Waals surface area (Å²) < 4.78 is 5.52. The van der Waals surface area contributed by atoms with Crippen molar-refractivity contribution < 1.29 is 14.3 Å². The molecule has 1 fully saturated rings. The van der Waals surface area contributed by atoms with Crippen LogP contribution >= 0.6 is 0 Å². The number of ether oxygens (including phenoxy) is 1. The van der Waals surface area contributed by atoms with Gasteiger partial charge in [-0.25, -0.2) is 0 Å². The molecule has 3 heterocycles. The van der Waals surface area contributed by atoms with Crippen LogP contribution in [0, 0.1) is 0 Å². The molecule has 2 aliphatic heterocycles. The van der Waals surface area contributed by atoms with Gasteiger partial charge in [0.05, 0.1) is 18.8 Å². The molecule has 9 nitrogen and oxygen atoms in total. The monoisotopic (exact) mass is 502 g/mol. The molecule has 2 aliphatic rings. The molecule has 0 aliphatic carbocycles. The Morgan fingerprint density at radius 3 is 2.32 bits per heavy atom. The van der Waals surface area contributed by atoms with Gasteiger partial charge in [-0.15, -0.1) is 0 Å². The Hall–Kier alpha value is -3.69. The van der Waals surface area contributed by atoms with E-state index < -0.39 is 6.10 Å². The van der Waals surface area contributed by atoms with Crippen LogP contribution in [0.4, 0.5) is 11.5 Å². The van der Waals surface area contributed by atoms with Crippen LogP contribution in [-0.4, -0.2) is 71.1 Å². The van der Waals surface area contributed by atoms with Gasteiger partial charge in [0.2, 0.25) is 0 Å². The maximum Gasteiger partial charge on any atom is 0.256 e. The van der Waals surface area contributed by atoms with Crippen molar-refractivity contribution in [2.45, 2.75) is 39.1 Å². The van der Waals surface area contributed by atoms with Crippen molar-refractivity contribution in [2.24, 2.45) is 0 Å². The lowest BCUT2D eigenvalue weighted by Gasteiger charge is -2.38. The van der Waals surface area contributed by atoms with E-state index in [0.717, 1.165) is 48.7 Å². The number of aromatic amines is 1. The minimum absolute atomic E-state index is 0.125. The number of rotatable bonds is 7. The second-order valence-electron chi connectivity index (χ2n) is 9.87. The van der Waals surface area contributed by atoms with Crippen LogP contribution < -0.4 is 10.2 Å². The van der Waals surface area contributed by atoms with Gasteiger partial charge in [-0.3, -0.25) is 19.6 Å². The number of nitrogens with zero attached hydrogens (tertiary/aromatic N) is 4. The molecule has 0 spiro atoms. The maximum atomic E-state index is 13.2. The van der Waals surface area contributed by atoms with E-state index in [9.17, 15) is 9.59 Å². The summed E-state index contributed by atoms with van der Waals surface area (Å²) in [6.45, 7) is 9.25. The summed E-state index contributed by atoms with van der Waals surface area (Å²) in [6.07, 6.45) is -0.678. The summed E-state index contributed by atoms with van der Waals surface area (Å²) in [5.74, 6) is 0.104. The molecule has 1 aromatic heterocycles. The summed E-state index contributed by atoms with van der Waals surface area (Å²) in [5.41, 5.74) is 4.14. The molecule has 1 unspecified atom stereocenters. The van der Waals surface area contributed by atoms with Crippen molar-refractivity contribution in [3.8, 4) is 0 Å². The Labute approximate surface area is 217 Å². The van der Waals surface area contributed by atoms with Crippen molar-refractivity contribution >= 4 is 23.3 Å². The smallest absolute Gasteiger partial charge is 0.256 e. The van der Waals surface area contributed by atoms with Crippen LogP contribution in [-0.2, 0) is 22.6 Å². The third kappa shape index (κ3) is 5.23. The molecule has 194 valence electrons. The van der Waals surface area contributed by atoms with Crippen LogP contribution in [0.5, 0.6) is 0 Å². The van der Waals surface area contributed by atoms with Crippen LogP contribution in [0.25, 0.3) is 0 Å². The first kappa shape index (κ1) is 25.0. The summed E-state index contributed by atoms with van der Waals surface area (Å²) >= 11 is 0. The summed E-state index contributed by atoms with van der Waals surface area (Å²) in [7, 11) is 1.54. The van der Waals surface area contributed by atoms with Crippen molar-refractivity contribution in [2.75, 3.05) is 43.5 Å². The maximum absolute atomic E-state index is 13.2. The lowest BCUT2D eigenvalue weighted by atomic mass is 10.1. The van der Waals surface area contributed by atoms with Crippen LogP contribution in [0.15, 0.2) is 54.6 Å². The minimum Gasteiger partial charge on any atom is -0.369 e. The number of hydrogen-bond donors (Lipinski definition) is 2. The Morgan fingerprint density at radius 2 is 1.68 bits per heavy atom. The zero-order valence-corrected chi connectivity index (χ0v) is 21.6. The number of carbonyl (C=O) groups excluding carboxylic acids is 2. The highest BCUT2D eigenvalue weighted by Gasteiger charge is 2.33. The Bertz CT molecular complexity index is 1230. The van der Waals surface area contributed by atoms with Gasteiger partial charge in [0.1, 0.15) is 0 Å². The van der Waals surface area contributed by atoms with Crippen molar-refractivity contribution in [1.82, 2.24) is 20.0 Å². The number of fused-ring (bicyclic) bond motifs is 1. The molecule has 0 saturated carbocycles. The third-order valence-corrected chi connectivity index (χ3v) is 7.30. The molecule has 2 aromatic carbocycles. The molecule has 2 amide bonds. The van der Waals surface area contributed by atoms with E-state index in [1.165, 1.54) is 7.11 Å². The molecule has 2 N–H and O–H groups in total. The van der Waals surface area contributed by atoms with E-state index in [2.05, 4.69) is 39.2 Å². The van der Waals surface area contributed by atoms with Crippen LogP contribution in [0.3, 0.4) is 0 Å². The number of aromatic nitrogens is 2. The SMILES string of the molecule is COC(C(=O)N1Cc2[nH]nc(NC(=O)c3ccc(N4CCN(C(C)C)CC4)cc3)c2C1)c1ccccc1. The lowest BCUT2D eigenvalue weighted by Crippen LogP contribution is -2.48. The van der Waals surface area contributed by atoms with Crippen molar-refractivity contribution in [3.63, 3.8) is 0 Å². The molecule has 0 radical (unpaired) electrons. The fourth-order valence-corrected chi connectivity index (χ4v) is 5.07. The second-order valence-corrected chi connectivity index (χ2v) is 9.87. The number of nitrogens with one attached hydrogen (secondary N) is 2. The first-order chi connectivity index (χ1) is 17.9. The average Bonchev–Trinajstić information content (AvgIpc) is 3.52. The molecule has 0 bridgehead atoms. The topological polar surface area (TPSA) is 93.8 Å². The Kier molecular flexibility index (Phi) is 7.25. The van der Waals surface area contributed by atoms with Gasteiger partial charge in [0, 0.05) is 56.1 Å². The van der Waals surface area contributed by atoms with Crippen molar-refractivity contribution in [3.05, 3.63) is 77.0 Å². The van der Waals surface area contributed by atoms with Crippen LogP contribution in [0.1, 0.15) is 47.1 Å². The van der Waals surface area contributed by atoms with E-state index >= 15 is 0 Å². The quantitative estimate of drug-likeness (QED) is 0.514. The van der Waals surface area contributed by atoms with E-state index in [-0.39, 0.29) is 11.8 Å². The summed E-state index contributed by atoms with van der Waals surface area (Å²) in [5, 5.41) is 10.2. The molecular weight excluding hydrogens is 468 g/mol. The number of methoxy groups -OCH3 is 1. The summed E-state index contributed by atoms with van der Waals surface area (Å²) in [6, 6.07) is 17.7. The fourth-order valence-electron chi connectivity index (χ4n) is 5.07. The number of benzene rings is 2. The molecule has 3 aromatic rings. The standard InChI is InChI=1S/C28H34N6O3/c1-19(2)32-13-15-33(16-14-32)22-11-9-21(10-12-22)27(35)29-26-23-17-34(18-24(23)30-31-26)28(36)25(37-3)20-7-5-4-6-8-20/h4-12,19,25H,13-18H2,1-3H3,(H2,29,30,31,35). The minimum atomic E-state index is -0.678. The molecule has 9 heteroatoms. The molecule has 1 atom stereocenters. The number of amides is 2. The van der Waals surface area contributed by atoms with E-state index in [4.69, 9.17) is 4.74 Å². The van der Waals surface area contributed by atoms with Gasteiger partial charge in [-0.1, -0.05) is 30.3 Å². The Morgan fingerprint density at radius 1 is 0.973 bits per heavy atom. The first-order valence-corrected chi connectivity index (χ1v) is 12.8.